The number of hydrogen-bond acceptors (Lipinski definition) is 4. The number of carboxylic acid groups (broad SMARTS) is 1. The molecule has 3 N–H and O–H groups in total. The number of aromatic amines is 1. The first-order valence-electron chi connectivity index (χ1n) is 5.79. The van der Waals surface area contributed by atoms with Gasteiger partial charge < -0.3 is 15.4 Å². The fourth-order valence-electron chi connectivity index (χ4n) is 1.68. The second kappa shape index (κ2) is 5.66. The Hall–Kier alpha value is -1.85. The quantitative estimate of drug-likeness (QED) is 0.735. The van der Waals surface area contributed by atoms with E-state index in [9.17, 15) is 9.59 Å². The van der Waals surface area contributed by atoms with Crippen LogP contribution in [0.1, 0.15) is 27.2 Å². The van der Waals surface area contributed by atoms with E-state index in [1.54, 1.807) is 0 Å². The Balaban J connectivity index is 2.63. The number of rotatable bonds is 5. The summed E-state index contributed by atoms with van der Waals surface area (Å²) in [4.78, 5) is 28.5. The summed E-state index contributed by atoms with van der Waals surface area (Å²) in [5, 5.41) is 12.0. The molecule has 0 saturated carbocycles. The molecule has 18 heavy (non-hydrogen) atoms. The molecule has 0 aliphatic heterocycles. The van der Waals surface area contributed by atoms with Gasteiger partial charge in [-0.1, -0.05) is 20.8 Å². The molecule has 0 saturated heterocycles. The largest absolute Gasteiger partial charge is 0.481 e. The molecule has 0 aromatic carbocycles. The van der Waals surface area contributed by atoms with Gasteiger partial charge in [0.15, 0.2) is 0 Å². The lowest BCUT2D eigenvalue weighted by Crippen LogP contribution is -2.28. The van der Waals surface area contributed by atoms with Gasteiger partial charge in [-0.25, -0.2) is 4.98 Å². The molecule has 1 aromatic heterocycles. The number of carboxylic acids is 1. The molecule has 1 rings (SSSR count). The molecule has 1 unspecified atom stereocenters. The zero-order valence-corrected chi connectivity index (χ0v) is 10.9. The van der Waals surface area contributed by atoms with Crippen molar-refractivity contribution in [3.8, 4) is 0 Å². The first kappa shape index (κ1) is 14.2. The third-order valence-corrected chi connectivity index (χ3v) is 2.42. The Labute approximate surface area is 105 Å². The van der Waals surface area contributed by atoms with Crippen LogP contribution in [0.5, 0.6) is 0 Å². The van der Waals surface area contributed by atoms with E-state index in [-0.39, 0.29) is 17.5 Å². The van der Waals surface area contributed by atoms with Gasteiger partial charge in [-0.15, -0.1) is 0 Å². The minimum Gasteiger partial charge on any atom is -0.481 e. The van der Waals surface area contributed by atoms with Gasteiger partial charge in [0.1, 0.15) is 5.82 Å². The van der Waals surface area contributed by atoms with Crippen LogP contribution in [0.4, 0.5) is 5.82 Å². The lowest BCUT2D eigenvalue weighted by Gasteiger charge is -2.23. The first-order valence-corrected chi connectivity index (χ1v) is 5.79. The molecule has 0 aliphatic rings. The molecule has 0 fully saturated rings. The van der Waals surface area contributed by atoms with Crippen LogP contribution in [0.2, 0.25) is 0 Å². The van der Waals surface area contributed by atoms with Crippen LogP contribution in [0.15, 0.2) is 17.2 Å². The van der Waals surface area contributed by atoms with Crippen LogP contribution in [0.3, 0.4) is 0 Å². The van der Waals surface area contributed by atoms with Crippen molar-refractivity contribution >= 4 is 11.8 Å². The normalized spacial score (nSPS) is 13.1. The highest BCUT2D eigenvalue weighted by molar-refractivity contribution is 5.70. The highest BCUT2D eigenvalue weighted by atomic mass is 16.4. The third-order valence-electron chi connectivity index (χ3n) is 2.42. The van der Waals surface area contributed by atoms with Crippen molar-refractivity contribution < 1.29 is 9.90 Å². The van der Waals surface area contributed by atoms with Crippen LogP contribution >= 0.6 is 0 Å². The number of aromatic nitrogens is 2. The van der Waals surface area contributed by atoms with Crippen molar-refractivity contribution in [2.24, 2.45) is 11.3 Å². The summed E-state index contributed by atoms with van der Waals surface area (Å²) in [6.45, 7) is 6.24. The summed E-state index contributed by atoms with van der Waals surface area (Å²) >= 11 is 0. The predicted molar refractivity (Wildman–Crippen MR) is 68.5 cm³/mol. The lowest BCUT2D eigenvalue weighted by atomic mass is 9.84. The molecular weight excluding hydrogens is 234 g/mol. The van der Waals surface area contributed by atoms with Crippen molar-refractivity contribution in [2.45, 2.75) is 27.2 Å². The third kappa shape index (κ3) is 4.99. The fraction of sp³-hybridized carbons (Fsp3) is 0.583. The van der Waals surface area contributed by atoms with Crippen LogP contribution in [-0.2, 0) is 4.79 Å². The summed E-state index contributed by atoms with van der Waals surface area (Å²) in [6.07, 6.45) is 1.84. The molecule has 1 heterocycles. The topological polar surface area (TPSA) is 95.1 Å². The van der Waals surface area contributed by atoms with E-state index in [2.05, 4.69) is 15.3 Å². The average molecular weight is 253 g/mol. The van der Waals surface area contributed by atoms with Crippen LogP contribution in [0, 0.1) is 11.3 Å². The Morgan fingerprint density at radius 1 is 1.56 bits per heavy atom. The first-order chi connectivity index (χ1) is 8.28. The van der Waals surface area contributed by atoms with Gasteiger partial charge in [-0.3, -0.25) is 9.59 Å². The highest BCUT2D eigenvalue weighted by Crippen LogP contribution is 2.24. The van der Waals surface area contributed by atoms with E-state index in [0.717, 1.165) is 0 Å². The summed E-state index contributed by atoms with van der Waals surface area (Å²) in [5.74, 6) is -0.965. The second-order valence-electron chi connectivity index (χ2n) is 5.48. The number of nitrogens with zero attached hydrogens (tertiary/aromatic N) is 1. The number of aliphatic carboxylic acids is 1. The van der Waals surface area contributed by atoms with Gasteiger partial charge in [-0.05, 0) is 11.8 Å². The van der Waals surface area contributed by atoms with Gasteiger partial charge in [0.25, 0.3) is 5.56 Å². The molecule has 6 heteroatoms. The van der Waals surface area contributed by atoms with Gasteiger partial charge in [0.2, 0.25) is 0 Å². The number of hydrogen-bond donors (Lipinski definition) is 3. The number of H-pyrrole nitrogens is 1. The molecule has 0 bridgehead atoms. The van der Waals surface area contributed by atoms with Crippen molar-refractivity contribution in [2.75, 3.05) is 11.9 Å². The Bertz CT molecular complexity index is 462. The molecule has 0 spiro atoms. The molecule has 6 nitrogen and oxygen atoms in total. The van der Waals surface area contributed by atoms with E-state index in [0.29, 0.717) is 12.2 Å². The molecule has 1 atom stereocenters. The van der Waals surface area contributed by atoms with E-state index < -0.39 is 11.9 Å². The van der Waals surface area contributed by atoms with Crippen molar-refractivity contribution in [3.63, 3.8) is 0 Å². The van der Waals surface area contributed by atoms with Crippen LogP contribution < -0.4 is 10.9 Å². The monoisotopic (exact) mass is 253 g/mol. The summed E-state index contributed by atoms with van der Waals surface area (Å²) in [5.41, 5.74) is -0.332. The zero-order chi connectivity index (χ0) is 13.8. The maximum absolute atomic E-state index is 11.1. The van der Waals surface area contributed by atoms with E-state index in [4.69, 9.17) is 5.11 Å². The smallest absolute Gasteiger partial charge is 0.308 e. The molecular formula is C12H19N3O3. The van der Waals surface area contributed by atoms with E-state index in [1.807, 2.05) is 20.8 Å². The second-order valence-corrected chi connectivity index (χ2v) is 5.48. The minimum absolute atomic E-state index is 0.0632. The summed E-state index contributed by atoms with van der Waals surface area (Å²) in [7, 11) is 0. The molecule has 0 aliphatic carbocycles. The molecule has 0 amide bonds. The standard InChI is InChI=1S/C12H19N3O3/c1-12(2,3)5-8(11(17)18)6-13-9-4-10(16)15-7-14-9/h4,7-8H,5-6H2,1-3H3,(H,17,18)(H2,13,14,15,16). The fourth-order valence-corrected chi connectivity index (χ4v) is 1.68. The van der Waals surface area contributed by atoms with Gasteiger partial charge in [-0.2, -0.15) is 0 Å². The Morgan fingerprint density at radius 3 is 2.72 bits per heavy atom. The molecule has 1 aromatic rings. The van der Waals surface area contributed by atoms with Crippen LogP contribution in [0.25, 0.3) is 0 Å². The Morgan fingerprint density at radius 2 is 2.22 bits per heavy atom. The Kier molecular flexibility index (Phi) is 4.47. The van der Waals surface area contributed by atoms with E-state index >= 15 is 0 Å². The summed E-state index contributed by atoms with van der Waals surface area (Å²) in [6, 6.07) is 1.30. The number of carbonyl (C=O) groups is 1. The van der Waals surface area contributed by atoms with Crippen molar-refractivity contribution in [1.82, 2.24) is 9.97 Å². The van der Waals surface area contributed by atoms with E-state index in [1.165, 1.54) is 12.4 Å². The maximum atomic E-state index is 11.1. The zero-order valence-electron chi connectivity index (χ0n) is 10.9. The lowest BCUT2D eigenvalue weighted by molar-refractivity contribution is -0.142. The van der Waals surface area contributed by atoms with Crippen molar-refractivity contribution in [1.29, 1.82) is 0 Å². The van der Waals surface area contributed by atoms with Gasteiger partial charge >= 0.3 is 5.97 Å². The highest BCUT2D eigenvalue weighted by Gasteiger charge is 2.24. The number of anilines is 1. The molecule has 100 valence electrons. The van der Waals surface area contributed by atoms with Gasteiger partial charge in [0, 0.05) is 12.6 Å². The minimum atomic E-state index is -0.845. The SMILES string of the molecule is CC(C)(C)CC(CNc1cc(=O)[nH]cn1)C(=O)O. The van der Waals surface area contributed by atoms with Crippen LogP contribution in [-0.4, -0.2) is 27.6 Å². The summed E-state index contributed by atoms with van der Waals surface area (Å²) < 4.78 is 0. The van der Waals surface area contributed by atoms with Gasteiger partial charge in [0.05, 0.1) is 12.2 Å². The van der Waals surface area contributed by atoms with Crippen molar-refractivity contribution in [3.05, 3.63) is 22.7 Å². The molecule has 0 radical (unpaired) electrons. The number of nitrogens with one attached hydrogen (secondary N) is 2. The maximum Gasteiger partial charge on any atom is 0.308 e. The predicted octanol–water partition coefficient (Wildman–Crippen LogP) is 1.32. The average Bonchev–Trinajstić information content (AvgIpc) is 2.22.